The van der Waals surface area contributed by atoms with Gasteiger partial charge in [-0.05, 0) is 37.3 Å². The molecule has 0 radical (unpaired) electrons. The minimum absolute atomic E-state index is 0.107. The number of carbonyl (C=O) groups is 3. The molecule has 0 N–H and O–H groups in total. The Morgan fingerprint density at radius 3 is 2.29 bits per heavy atom. The number of allylic oxidation sites excluding steroid dienone is 2. The van der Waals surface area contributed by atoms with Gasteiger partial charge in [0.2, 0.25) is 11.8 Å². The van der Waals surface area contributed by atoms with Crippen LogP contribution in [0.15, 0.2) is 42.5 Å². The van der Waals surface area contributed by atoms with Crippen molar-refractivity contribution in [2.24, 2.45) is 23.7 Å². The van der Waals surface area contributed by atoms with E-state index in [0.717, 1.165) is 6.42 Å². The number of nitrogens with zero attached hydrogens (tertiary/aromatic N) is 1. The third-order valence-electron chi connectivity index (χ3n) is 5.32. The summed E-state index contributed by atoms with van der Waals surface area (Å²) in [5, 5.41) is 0. The van der Waals surface area contributed by atoms with Crippen LogP contribution in [0.3, 0.4) is 0 Å². The van der Waals surface area contributed by atoms with Gasteiger partial charge in [0.1, 0.15) is 6.10 Å². The van der Waals surface area contributed by atoms with Crippen molar-refractivity contribution in [2.75, 3.05) is 6.54 Å². The van der Waals surface area contributed by atoms with E-state index in [2.05, 4.69) is 12.2 Å². The molecule has 0 spiro atoms. The molecule has 124 valence electrons. The number of benzene rings is 1. The molecule has 2 bridgehead atoms. The maximum atomic E-state index is 12.6. The molecule has 1 saturated carbocycles. The van der Waals surface area contributed by atoms with E-state index in [0.29, 0.717) is 5.56 Å². The second kappa shape index (κ2) is 5.58. The maximum Gasteiger partial charge on any atom is 0.338 e. The van der Waals surface area contributed by atoms with Crippen molar-refractivity contribution >= 4 is 17.8 Å². The van der Waals surface area contributed by atoms with Gasteiger partial charge in [-0.3, -0.25) is 14.5 Å². The Morgan fingerprint density at radius 2 is 1.71 bits per heavy atom. The Balaban J connectivity index is 1.42. The highest BCUT2D eigenvalue weighted by Crippen LogP contribution is 2.52. The molecule has 5 nitrogen and oxygen atoms in total. The van der Waals surface area contributed by atoms with Crippen molar-refractivity contribution in [2.45, 2.75) is 19.4 Å². The highest BCUT2D eigenvalue weighted by atomic mass is 16.5. The highest BCUT2D eigenvalue weighted by molar-refractivity contribution is 6.06. The van der Waals surface area contributed by atoms with Crippen LogP contribution in [0.4, 0.5) is 0 Å². The molecule has 1 heterocycles. The maximum absolute atomic E-state index is 12.6. The van der Waals surface area contributed by atoms with Crippen LogP contribution in [-0.2, 0) is 14.3 Å². The zero-order valence-electron chi connectivity index (χ0n) is 13.4. The van der Waals surface area contributed by atoms with Gasteiger partial charge in [0, 0.05) is 0 Å². The van der Waals surface area contributed by atoms with E-state index in [9.17, 15) is 14.4 Å². The summed E-state index contributed by atoms with van der Waals surface area (Å²) >= 11 is 0. The van der Waals surface area contributed by atoms with Crippen molar-refractivity contribution in [3.05, 3.63) is 48.0 Å². The van der Waals surface area contributed by atoms with E-state index in [1.165, 1.54) is 4.90 Å². The molecule has 2 amide bonds. The summed E-state index contributed by atoms with van der Waals surface area (Å²) in [6, 6.07) is 8.70. The molecule has 5 heteroatoms. The third-order valence-corrected chi connectivity index (χ3v) is 5.32. The standard InChI is InChI=1S/C19H19NO4/c1-11(24-19(23)12-5-3-2-4-6-12)10-20-17(21)15-13-7-8-14(9-13)16(15)18(20)22/h2-8,11,13-16H,9-10H2,1H3. The summed E-state index contributed by atoms with van der Waals surface area (Å²) < 4.78 is 5.39. The normalized spacial score (nSPS) is 31.5. The molecule has 3 aliphatic rings. The number of rotatable bonds is 4. The summed E-state index contributed by atoms with van der Waals surface area (Å²) in [4.78, 5) is 38.6. The number of esters is 1. The summed E-state index contributed by atoms with van der Waals surface area (Å²) in [5.74, 6) is -0.667. The zero-order chi connectivity index (χ0) is 16.8. The number of likely N-dealkylation sites (tertiary alicyclic amines) is 1. The predicted octanol–water partition coefficient (Wildman–Crippen LogP) is 2.04. The Morgan fingerprint density at radius 1 is 1.12 bits per heavy atom. The number of ether oxygens (including phenoxy) is 1. The number of amides is 2. The fraction of sp³-hybridized carbons (Fsp3) is 0.421. The van der Waals surface area contributed by atoms with Gasteiger partial charge in [0.15, 0.2) is 0 Å². The van der Waals surface area contributed by atoms with E-state index in [4.69, 9.17) is 4.74 Å². The molecular weight excluding hydrogens is 306 g/mol. The molecule has 5 atom stereocenters. The third kappa shape index (κ3) is 2.27. The van der Waals surface area contributed by atoms with Crippen molar-refractivity contribution in [3.63, 3.8) is 0 Å². The van der Waals surface area contributed by atoms with Gasteiger partial charge < -0.3 is 4.74 Å². The Labute approximate surface area is 140 Å². The summed E-state index contributed by atoms with van der Waals surface area (Å²) in [7, 11) is 0. The molecule has 1 aromatic rings. The molecule has 4 rings (SSSR count). The highest BCUT2D eigenvalue weighted by Gasteiger charge is 2.59. The molecule has 2 fully saturated rings. The van der Waals surface area contributed by atoms with E-state index in [-0.39, 0.29) is 42.0 Å². The zero-order valence-corrected chi connectivity index (χ0v) is 13.4. The number of carbonyl (C=O) groups excluding carboxylic acids is 3. The minimum atomic E-state index is -0.532. The van der Waals surface area contributed by atoms with Crippen molar-refractivity contribution < 1.29 is 19.1 Å². The van der Waals surface area contributed by atoms with Crippen LogP contribution in [0.5, 0.6) is 0 Å². The molecule has 24 heavy (non-hydrogen) atoms. The van der Waals surface area contributed by atoms with Gasteiger partial charge in [0.25, 0.3) is 0 Å². The molecule has 5 unspecified atom stereocenters. The lowest BCUT2D eigenvalue weighted by molar-refractivity contribution is -0.142. The average Bonchev–Trinajstić information content (AvgIpc) is 3.25. The number of hydrogen-bond acceptors (Lipinski definition) is 4. The van der Waals surface area contributed by atoms with E-state index in [1.807, 2.05) is 6.07 Å². The fourth-order valence-electron chi connectivity index (χ4n) is 4.26. The van der Waals surface area contributed by atoms with Crippen LogP contribution in [0, 0.1) is 23.7 Å². The Kier molecular flexibility index (Phi) is 3.52. The lowest BCUT2D eigenvalue weighted by atomic mass is 9.85. The first kappa shape index (κ1) is 15.1. The van der Waals surface area contributed by atoms with Gasteiger partial charge in [-0.1, -0.05) is 30.4 Å². The first-order chi connectivity index (χ1) is 11.6. The lowest BCUT2D eigenvalue weighted by Gasteiger charge is -2.21. The number of fused-ring (bicyclic) bond motifs is 5. The first-order valence-corrected chi connectivity index (χ1v) is 8.36. The average molecular weight is 325 g/mol. The quantitative estimate of drug-likeness (QED) is 0.483. The minimum Gasteiger partial charge on any atom is -0.457 e. The SMILES string of the molecule is CC(CN1C(=O)C2C3C=CC(C3)C2C1=O)OC(=O)c1ccccc1. The number of imide groups is 1. The van der Waals surface area contributed by atoms with Crippen molar-refractivity contribution in [3.8, 4) is 0 Å². The van der Waals surface area contributed by atoms with Crippen molar-refractivity contribution in [1.29, 1.82) is 0 Å². The predicted molar refractivity (Wildman–Crippen MR) is 85.8 cm³/mol. The largest absolute Gasteiger partial charge is 0.457 e. The Bertz CT molecular complexity index is 696. The topological polar surface area (TPSA) is 63.7 Å². The molecule has 1 aromatic carbocycles. The van der Waals surface area contributed by atoms with Gasteiger partial charge in [-0.2, -0.15) is 0 Å². The van der Waals surface area contributed by atoms with E-state index >= 15 is 0 Å². The van der Waals surface area contributed by atoms with Crippen LogP contribution in [0.25, 0.3) is 0 Å². The van der Waals surface area contributed by atoms with Crippen LogP contribution < -0.4 is 0 Å². The van der Waals surface area contributed by atoms with Gasteiger partial charge in [-0.25, -0.2) is 4.79 Å². The first-order valence-electron chi connectivity index (χ1n) is 8.36. The number of hydrogen-bond donors (Lipinski definition) is 0. The monoisotopic (exact) mass is 325 g/mol. The van der Waals surface area contributed by atoms with Crippen molar-refractivity contribution in [1.82, 2.24) is 4.90 Å². The Hall–Kier alpha value is -2.43. The molecule has 1 saturated heterocycles. The van der Waals surface area contributed by atoms with Crippen LogP contribution in [0.1, 0.15) is 23.7 Å². The molecule has 0 aromatic heterocycles. The van der Waals surface area contributed by atoms with Gasteiger partial charge in [-0.15, -0.1) is 0 Å². The second-order valence-electron chi connectivity index (χ2n) is 6.87. The smallest absolute Gasteiger partial charge is 0.338 e. The molecular formula is C19H19NO4. The summed E-state index contributed by atoms with van der Waals surface area (Å²) in [6.07, 6.45) is 4.52. The summed E-state index contributed by atoms with van der Waals surface area (Å²) in [5.41, 5.74) is 0.461. The fourth-order valence-corrected chi connectivity index (χ4v) is 4.26. The summed E-state index contributed by atoms with van der Waals surface area (Å²) in [6.45, 7) is 1.84. The van der Waals surface area contributed by atoms with Gasteiger partial charge in [0.05, 0.1) is 23.9 Å². The van der Waals surface area contributed by atoms with Crippen LogP contribution in [-0.4, -0.2) is 35.3 Å². The van der Waals surface area contributed by atoms with Crippen LogP contribution >= 0.6 is 0 Å². The van der Waals surface area contributed by atoms with Crippen LogP contribution in [0.2, 0.25) is 0 Å². The molecule has 1 aliphatic heterocycles. The van der Waals surface area contributed by atoms with Gasteiger partial charge >= 0.3 is 5.97 Å². The van der Waals surface area contributed by atoms with E-state index in [1.54, 1.807) is 31.2 Å². The second-order valence-corrected chi connectivity index (χ2v) is 6.87. The lowest BCUT2D eigenvalue weighted by Crippen LogP contribution is -2.39. The van der Waals surface area contributed by atoms with E-state index < -0.39 is 12.1 Å². The molecule has 2 aliphatic carbocycles.